The van der Waals surface area contributed by atoms with Gasteiger partial charge >= 0.3 is 6.03 Å². The zero-order chi connectivity index (χ0) is 21.6. The number of pyridine rings is 2. The third-order valence-corrected chi connectivity index (χ3v) is 5.89. The average Bonchev–Trinajstić information content (AvgIpc) is 3.41. The van der Waals surface area contributed by atoms with Gasteiger partial charge in [0.1, 0.15) is 23.3 Å². The summed E-state index contributed by atoms with van der Waals surface area (Å²) in [6, 6.07) is 8.90. The summed E-state index contributed by atoms with van der Waals surface area (Å²) in [6.45, 7) is 1.68. The van der Waals surface area contributed by atoms with Gasteiger partial charge in [0.25, 0.3) is 0 Å². The number of likely N-dealkylation sites (N-methyl/N-ethyl adjacent to an activating group) is 1. The maximum Gasteiger partial charge on any atom is 0.326 e. The third kappa shape index (κ3) is 5.47. The van der Waals surface area contributed by atoms with E-state index in [-0.39, 0.29) is 0 Å². The molecular weight excluding hydrogens is 416 g/mol. The molecule has 162 valence electrons. The van der Waals surface area contributed by atoms with Crippen LogP contribution in [0.15, 0.2) is 41.9 Å². The number of thiazole rings is 1. The number of nitrogens with one attached hydrogen (secondary N) is 2. The number of methoxy groups -OCH3 is 1. The van der Waals surface area contributed by atoms with Crippen molar-refractivity contribution in [2.75, 3.05) is 37.9 Å². The minimum atomic E-state index is -0.427. The van der Waals surface area contributed by atoms with Gasteiger partial charge in [0.15, 0.2) is 0 Å². The number of aromatic nitrogens is 3. The fourth-order valence-electron chi connectivity index (χ4n) is 3.32. The van der Waals surface area contributed by atoms with E-state index in [0.717, 1.165) is 23.5 Å². The third-order valence-electron chi connectivity index (χ3n) is 5.00. The zero-order valence-electron chi connectivity index (χ0n) is 17.4. The lowest BCUT2D eigenvalue weighted by molar-refractivity contribution is 0.193. The lowest BCUT2D eigenvalue weighted by Crippen LogP contribution is -2.30. The molecule has 9 nitrogen and oxygen atoms in total. The highest BCUT2D eigenvalue weighted by Gasteiger charge is 2.21. The maximum absolute atomic E-state index is 12.4. The molecule has 1 unspecified atom stereocenters. The number of rotatable bonds is 7. The molecular formula is C21H24N6O3S. The molecule has 1 fully saturated rings. The second-order valence-corrected chi connectivity index (χ2v) is 8.01. The van der Waals surface area contributed by atoms with E-state index in [2.05, 4.69) is 37.5 Å². The van der Waals surface area contributed by atoms with Crippen molar-refractivity contribution < 1.29 is 14.3 Å². The van der Waals surface area contributed by atoms with Crippen molar-refractivity contribution in [2.45, 2.75) is 18.9 Å². The summed E-state index contributed by atoms with van der Waals surface area (Å²) in [6.07, 6.45) is 3.96. The van der Waals surface area contributed by atoms with E-state index in [1.165, 1.54) is 17.8 Å². The molecule has 0 radical (unpaired) electrons. The van der Waals surface area contributed by atoms with Gasteiger partial charge in [0.2, 0.25) is 11.8 Å². The standard InChI is InChI=1S/C21H24N6O3S/c1-27-10-4-5-15(27)12-30-18-7-3-6-16(23-18)25-21(28)26-17-13-31-20(24-17)14-8-9-22-19(11-14)29-2/h3,6-9,11,13,15H,4-5,10,12H2,1-2H3,(H2,23,25,26,28). The zero-order valence-corrected chi connectivity index (χ0v) is 18.2. The van der Waals surface area contributed by atoms with Gasteiger partial charge in [-0.3, -0.25) is 10.6 Å². The van der Waals surface area contributed by atoms with E-state index >= 15 is 0 Å². The normalized spacial score (nSPS) is 16.1. The molecule has 3 aromatic rings. The second kappa shape index (κ2) is 9.71. The van der Waals surface area contributed by atoms with Crippen molar-refractivity contribution in [2.24, 2.45) is 0 Å². The number of hydrogen-bond donors (Lipinski definition) is 2. The van der Waals surface area contributed by atoms with Gasteiger partial charge in [-0.2, -0.15) is 4.98 Å². The Labute approximate surface area is 184 Å². The minimum Gasteiger partial charge on any atom is -0.481 e. The summed E-state index contributed by atoms with van der Waals surface area (Å²) < 4.78 is 11.0. The minimum absolute atomic E-state index is 0.404. The highest BCUT2D eigenvalue weighted by atomic mass is 32.1. The van der Waals surface area contributed by atoms with Crippen LogP contribution in [0.4, 0.5) is 16.4 Å². The first-order valence-corrected chi connectivity index (χ1v) is 10.8. The van der Waals surface area contributed by atoms with Crippen LogP contribution in [-0.2, 0) is 0 Å². The van der Waals surface area contributed by atoms with Crippen LogP contribution in [0.2, 0.25) is 0 Å². The van der Waals surface area contributed by atoms with Crippen molar-refractivity contribution in [3.63, 3.8) is 0 Å². The molecule has 3 aromatic heterocycles. The van der Waals surface area contributed by atoms with E-state index in [1.807, 2.05) is 6.07 Å². The summed E-state index contributed by atoms with van der Waals surface area (Å²) in [5, 5.41) is 7.97. The molecule has 1 aliphatic heterocycles. The van der Waals surface area contributed by atoms with Crippen LogP contribution in [0.1, 0.15) is 12.8 Å². The summed E-state index contributed by atoms with van der Waals surface area (Å²) in [4.78, 5) is 27.6. The van der Waals surface area contributed by atoms with Gasteiger partial charge < -0.3 is 14.4 Å². The molecule has 0 bridgehead atoms. The van der Waals surface area contributed by atoms with Crippen molar-refractivity contribution in [3.05, 3.63) is 41.9 Å². The first kappa shape index (κ1) is 21.0. The number of ether oxygens (including phenoxy) is 2. The average molecular weight is 441 g/mol. The topological polar surface area (TPSA) is 102 Å². The molecule has 4 heterocycles. The molecule has 0 saturated carbocycles. The first-order chi connectivity index (χ1) is 15.1. The Kier molecular flexibility index (Phi) is 6.58. The molecule has 31 heavy (non-hydrogen) atoms. The molecule has 0 aromatic carbocycles. The van der Waals surface area contributed by atoms with Crippen molar-refractivity contribution >= 4 is 29.0 Å². The quantitative estimate of drug-likeness (QED) is 0.577. The van der Waals surface area contributed by atoms with Gasteiger partial charge in [-0.15, -0.1) is 11.3 Å². The second-order valence-electron chi connectivity index (χ2n) is 7.15. The van der Waals surface area contributed by atoms with Crippen LogP contribution >= 0.6 is 11.3 Å². The van der Waals surface area contributed by atoms with E-state index in [4.69, 9.17) is 9.47 Å². The smallest absolute Gasteiger partial charge is 0.326 e. The molecule has 0 spiro atoms. The van der Waals surface area contributed by atoms with Crippen molar-refractivity contribution in [1.29, 1.82) is 0 Å². The number of anilines is 2. The maximum atomic E-state index is 12.4. The van der Waals surface area contributed by atoms with E-state index in [0.29, 0.717) is 36.0 Å². The van der Waals surface area contributed by atoms with Crippen LogP contribution in [0.3, 0.4) is 0 Å². The Bertz CT molecular complexity index is 1040. The Hall–Kier alpha value is -3.24. The lowest BCUT2D eigenvalue weighted by Gasteiger charge is -2.19. The van der Waals surface area contributed by atoms with E-state index in [9.17, 15) is 4.79 Å². The number of urea groups is 1. The highest BCUT2D eigenvalue weighted by molar-refractivity contribution is 7.13. The van der Waals surface area contributed by atoms with Crippen LogP contribution in [0.25, 0.3) is 10.6 Å². The van der Waals surface area contributed by atoms with E-state index in [1.54, 1.807) is 43.0 Å². The lowest BCUT2D eigenvalue weighted by atomic mass is 10.2. The van der Waals surface area contributed by atoms with Gasteiger partial charge in [-0.05, 0) is 38.6 Å². The number of nitrogens with zero attached hydrogens (tertiary/aromatic N) is 4. The van der Waals surface area contributed by atoms with Gasteiger partial charge in [-0.1, -0.05) is 6.07 Å². The number of carbonyl (C=O) groups excluding carboxylic acids is 1. The summed E-state index contributed by atoms with van der Waals surface area (Å²) in [7, 11) is 3.67. The van der Waals surface area contributed by atoms with E-state index < -0.39 is 6.03 Å². The molecule has 0 aliphatic carbocycles. The number of hydrogen-bond acceptors (Lipinski definition) is 8. The molecule has 10 heteroatoms. The number of likely N-dealkylation sites (tertiary alicyclic amines) is 1. The molecule has 2 N–H and O–H groups in total. The SMILES string of the molecule is COc1cc(-c2nc(NC(=O)Nc3cccc(OCC4CCCN4C)n3)cs2)ccn1. The number of carbonyl (C=O) groups is 1. The van der Waals surface area contributed by atoms with Gasteiger partial charge in [0.05, 0.1) is 7.11 Å². The van der Waals surface area contributed by atoms with Crippen molar-refractivity contribution in [1.82, 2.24) is 19.9 Å². The van der Waals surface area contributed by atoms with Gasteiger partial charge in [0, 0.05) is 35.3 Å². The van der Waals surface area contributed by atoms with Crippen LogP contribution < -0.4 is 20.1 Å². The monoisotopic (exact) mass is 440 g/mol. The molecule has 4 rings (SSSR count). The summed E-state index contributed by atoms with van der Waals surface area (Å²) >= 11 is 1.41. The van der Waals surface area contributed by atoms with Crippen molar-refractivity contribution in [3.8, 4) is 22.3 Å². The Balaban J connectivity index is 1.33. The Morgan fingerprint density at radius 2 is 2.10 bits per heavy atom. The largest absolute Gasteiger partial charge is 0.481 e. The first-order valence-electron chi connectivity index (χ1n) is 9.95. The highest BCUT2D eigenvalue weighted by Crippen LogP contribution is 2.27. The molecule has 1 aliphatic rings. The fourth-order valence-corrected chi connectivity index (χ4v) is 4.07. The van der Waals surface area contributed by atoms with Crippen LogP contribution in [0.5, 0.6) is 11.8 Å². The van der Waals surface area contributed by atoms with Crippen LogP contribution in [0, 0.1) is 0 Å². The molecule has 1 saturated heterocycles. The molecule has 2 amide bonds. The summed E-state index contributed by atoms with van der Waals surface area (Å²) in [5.74, 6) is 1.85. The fraction of sp³-hybridized carbons (Fsp3) is 0.333. The summed E-state index contributed by atoms with van der Waals surface area (Å²) in [5.41, 5.74) is 0.865. The molecule has 1 atom stereocenters. The predicted molar refractivity (Wildman–Crippen MR) is 120 cm³/mol. The predicted octanol–water partition coefficient (Wildman–Crippen LogP) is 3.73. The number of amides is 2. The Morgan fingerprint density at radius 1 is 1.23 bits per heavy atom. The Morgan fingerprint density at radius 3 is 2.90 bits per heavy atom. The van der Waals surface area contributed by atoms with Crippen LogP contribution in [-0.4, -0.2) is 59.2 Å². The van der Waals surface area contributed by atoms with Gasteiger partial charge in [-0.25, -0.2) is 14.8 Å².